The zero-order valence-electron chi connectivity index (χ0n) is 23.9. The Morgan fingerprint density at radius 1 is 0.725 bits per heavy atom. The molecule has 0 aromatic carbocycles. The highest BCUT2D eigenvalue weighted by atomic mass is 32.1. The van der Waals surface area contributed by atoms with Crippen molar-refractivity contribution in [3.8, 4) is 0 Å². The Balaban J connectivity index is 1.31. The van der Waals surface area contributed by atoms with Gasteiger partial charge >= 0.3 is 11.9 Å². The Bertz CT molecular complexity index is 1170. The first-order valence-corrected chi connectivity index (χ1v) is 16.0. The number of carbonyl (C=O) groups excluding carboxylic acids is 4. The third-order valence-electron chi connectivity index (χ3n) is 8.23. The monoisotopic (exact) mass is 588 g/mol. The summed E-state index contributed by atoms with van der Waals surface area (Å²) in [5, 5.41) is 7.01. The number of thiophene rings is 2. The quantitative estimate of drug-likeness (QED) is 0.228. The largest absolute Gasteiger partial charge is 0.465 e. The van der Waals surface area contributed by atoms with Gasteiger partial charge in [0.2, 0.25) is 11.8 Å². The lowest BCUT2D eigenvalue weighted by Crippen LogP contribution is -2.17. The molecular formula is C30H40N2O6S2. The lowest BCUT2D eigenvalue weighted by Gasteiger charge is -2.20. The molecule has 0 fully saturated rings. The van der Waals surface area contributed by atoms with Crippen molar-refractivity contribution in [2.24, 2.45) is 11.8 Å². The maximum atomic E-state index is 12.8. The maximum absolute atomic E-state index is 12.8. The summed E-state index contributed by atoms with van der Waals surface area (Å²) >= 11 is 2.97. The van der Waals surface area contributed by atoms with E-state index in [1.54, 1.807) is 0 Å². The first-order chi connectivity index (χ1) is 19.3. The van der Waals surface area contributed by atoms with Crippen LogP contribution >= 0.6 is 22.7 Å². The molecule has 10 heteroatoms. The molecule has 0 bridgehead atoms. The molecule has 2 atom stereocenters. The van der Waals surface area contributed by atoms with Crippen LogP contribution in [0.15, 0.2) is 0 Å². The fraction of sp³-hybridized carbons (Fsp3) is 0.600. The summed E-state index contributed by atoms with van der Waals surface area (Å²) in [6.45, 7) is 4.36. The fourth-order valence-corrected chi connectivity index (χ4v) is 8.50. The number of fused-ring (bicyclic) bond motifs is 2. The number of nitrogens with one attached hydrogen (secondary N) is 2. The van der Waals surface area contributed by atoms with E-state index in [0.717, 1.165) is 72.2 Å². The van der Waals surface area contributed by atoms with Gasteiger partial charge in [-0.2, -0.15) is 0 Å². The third-order valence-corrected chi connectivity index (χ3v) is 10.6. The predicted octanol–water partition coefficient (Wildman–Crippen LogP) is 6.55. The number of ether oxygens (including phenoxy) is 2. The highest BCUT2D eigenvalue weighted by molar-refractivity contribution is 7.17. The van der Waals surface area contributed by atoms with Gasteiger partial charge in [-0.05, 0) is 74.3 Å². The molecule has 4 rings (SSSR count). The molecule has 8 nitrogen and oxygen atoms in total. The molecule has 0 aliphatic heterocycles. The van der Waals surface area contributed by atoms with Crippen LogP contribution in [-0.2, 0) is 44.7 Å². The van der Waals surface area contributed by atoms with Crippen LogP contribution in [0.5, 0.6) is 0 Å². The molecule has 2 unspecified atom stereocenters. The number of rotatable bonds is 11. The second-order valence-corrected chi connectivity index (χ2v) is 12.9. The average Bonchev–Trinajstić information content (AvgIpc) is 3.50. The van der Waals surface area contributed by atoms with E-state index in [0.29, 0.717) is 45.8 Å². The number of hydrogen-bond acceptors (Lipinski definition) is 8. The zero-order chi connectivity index (χ0) is 28.8. The summed E-state index contributed by atoms with van der Waals surface area (Å²) < 4.78 is 10.0. The molecule has 2 amide bonds. The van der Waals surface area contributed by atoms with E-state index in [-0.39, 0.29) is 24.7 Å². The summed E-state index contributed by atoms with van der Waals surface area (Å²) in [7, 11) is 2.73. The normalized spacial score (nSPS) is 17.9. The Hall–Kier alpha value is -2.72. The van der Waals surface area contributed by atoms with E-state index in [9.17, 15) is 19.2 Å². The summed E-state index contributed by atoms with van der Waals surface area (Å²) in [6, 6.07) is 0. The minimum absolute atomic E-state index is 0.180. The second-order valence-electron chi connectivity index (χ2n) is 10.7. The van der Waals surface area contributed by atoms with Gasteiger partial charge in [-0.25, -0.2) is 9.59 Å². The van der Waals surface area contributed by atoms with Gasteiger partial charge in [-0.1, -0.05) is 26.7 Å². The van der Waals surface area contributed by atoms with Crippen LogP contribution in [0.4, 0.5) is 10.0 Å². The first-order valence-electron chi connectivity index (χ1n) is 14.3. The van der Waals surface area contributed by atoms with E-state index < -0.39 is 11.9 Å². The molecule has 0 spiro atoms. The first kappa shape index (κ1) is 30.2. The SMILES string of the molecule is CCC1CCc2c(sc(NC(=O)CCCCC(=O)Nc3sc4c(c3C(=O)OC)CCC(CC)C4)c2C(=O)OC)C1. The van der Waals surface area contributed by atoms with Crippen LogP contribution in [0.2, 0.25) is 0 Å². The number of esters is 2. The van der Waals surface area contributed by atoms with Gasteiger partial charge in [0, 0.05) is 22.6 Å². The highest BCUT2D eigenvalue weighted by Gasteiger charge is 2.31. The Morgan fingerprint density at radius 2 is 1.12 bits per heavy atom. The molecule has 0 saturated heterocycles. The van der Waals surface area contributed by atoms with Gasteiger partial charge in [-0.3, -0.25) is 9.59 Å². The lowest BCUT2D eigenvalue weighted by atomic mass is 9.85. The fourth-order valence-electron chi connectivity index (χ4n) is 5.77. The summed E-state index contributed by atoms with van der Waals surface area (Å²) in [4.78, 5) is 52.9. The average molecular weight is 589 g/mol. The van der Waals surface area contributed by atoms with Gasteiger partial charge in [-0.15, -0.1) is 22.7 Å². The van der Waals surface area contributed by atoms with Crippen molar-refractivity contribution in [1.29, 1.82) is 0 Å². The van der Waals surface area contributed by atoms with Gasteiger partial charge in [0.05, 0.1) is 25.3 Å². The Morgan fingerprint density at radius 3 is 1.48 bits per heavy atom. The van der Waals surface area contributed by atoms with Gasteiger partial charge < -0.3 is 20.1 Å². The van der Waals surface area contributed by atoms with E-state index in [1.165, 1.54) is 36.9 Å². The van der Waals surface area contributed by atoms with Crippen LogP contribution < -0.4 is 10.6 Å². The number of hydrogen-bond donors (Lipinski definition) is 2. The molecule has 40 heavy (non-hydrogen) atoms. The van der Waals surface area contributed by atoms with Gasteiger partial charge in [0.1, 0.15) is 10.0 Å². The molecule has 2 aromatic rings. The molecule has 2 aromatic heterocycles. The lowest BCUT2D eigenvalue weighted by molar-refractivity contribution is -0.118. The van der Waals surface area contributed by atoms with E-state index in [4.69, 9.17) is 9.47 Å². The van der Waals surface area contributed by atoms with Crippen molar-refractivity contribution in [2.45, 2.75) is 90.9 Å². The van der Waals surface area contributed by atoms with Gasteiger partial charge in [0.15, 0.2) is 0 Å². The Labute approximate surface area is 244 Å². The standard InChI is InChI=1S/C30H40N2O6S2/c1-5-17-11-13-19-21(15-17)39-27(25(19)29(35)37-3)31-23(33)9-7-8-10-24(34)32-28-26(30(36)38-4)20-14-12-18(6-2)16-22(20)40-28/h17-18H,5-16H2,1-4H3,(H,31,33)(H,32,34). The van der Waals surface area contributed by atoms with Crippen molar-refractivity contribution >= 4 is 56.4 Å². The van der Waals surface area contributed by atoms with E-state index >= 15 is 0 Å². The molecule has 2 aliphatic rings. The molecule has 2 heterocycles. The molecule has 0 saturated carbocycles. The molecule has 2 N–H and O–H groups in total. The minimum Gasteiger partial charge on any atom is -0.465 e. The van der Waals surface area contributed by atoms with E-state index in [2.05, 4.69) is 24.5 Å². The van der Waals surface area contributed by atoms with Crippen molar-refractivity contribution in [1.82, 2.24) is 0 Å². The van der Waals surface area contributed by atoms with Crippen LogP contribution in [0.25, 0.3) is 0 Å². The van der Waals surface area contributed by atoms with Crippen molar-refractivity contribution < 1.29 is 28.7 Å². The van der Waals surface area contributed by atoms with Crippen LogP contribution in [0.1, 0.15) is 107 Å². The number of unbranched alkanes of at least 4 members (excludes halogenated alkanes) is 1. The Kier molecular flexibility index (Phi) is 10.4. The molecule has 218 valence electrons. The van der Waals surface area contributed by atoms with Crippen LogP contribution in [0.3, 0.4) is 0 Å². The smallest absolute Gasteiger partial charge is 0.341 e. The third kappa shape index (κ3) is 6.77. The van der Waals surface area contributed by atoms with Crippen LogP contribution in [-0.4, -0.2) is 38.0 Å². The van der Waals surface area contributed by atoms with E-state index in [1.807, 2.05) is 0 Å². The van der Waals surface area contributed by atoms with Crippen LogP contribution in [0, 0.1) is 11.8 Å². The van der Waals surface area contributed by atoms with Gasteiger partial charge in [0.25, 0.3) is 0 Å². The summed E-state index contributed by atoms with van der Waals surface area (Å²) in [6.07, 6.45) is 9.30. The zero-order valence-corrected chi connectivity index (χ0v) is 25.5. The van der Waals surface area contributed by atoms with Crippen molar-refractivity contribution in [3.63, 3.8) is 0 Å². The number of amides is 2. The molecule has 0 radical (unpaired) electrons. The second kappa shape index (κ2) is 13.8. The number of anilines is 2. The predicted molar refractivity (Wildman–Crippen MR) is 159 cm³/mol. The summed E-state index contributed by atoms with van der Waals surface area (Å²) in [5.41, 5.74) is 3.02. The van der Waals surface area contributed by atoms with Crippen molar-refractivity contribution in [2.75, 3.05) is 24.9 Å². The minimum atomic E-state index is -0.411. The number of methoxy groups -OCH3 is 2. The number of carbonyl (C=O) groups is 4. The summed E-state index contributed by atoms with van der Waals surface area (Å²) in [5.74, 6) is 0.0180. The highest BCUT2D eigenvalue weighted by Crippen LogP contribution is 2.42. The topological polar surface area (TPSA) is 111 Å². The maximum Gasteiger partial charge on any atom is 0.341 e. The van der Waals surface area contributed by atoms with Crippen molar-refractivity contribution in [3.05, 3.63) is 32.0 Å². The molecule has 2 aliphatic carbocycles. The molecular weight excluding hydrogens is 548 g/mol.